The van der Waals surface area contributed by atoms with Gasteiger partial charge >= 0.3 is 0 Å². The number of morpholine rings is 1. The Hall–Kier alpha value is -2.61. The Morgan fingerprint density at radius 3 is 2.50 bits per heavy atom. The Bertz CT molecular complexity index is 793. The molecular weight excluding hydrogens is 386 g/mol. The van der Waals surface area contributed by atoms with E-state index in [0.717, 1.165) is 18.5 Å². The van der Waals surface area contributed by atoms with Crippen LogP contribution in [0.5, 0.6) is 5.75 Å². The van der Waals surface area contributed by atoms with E-state index in [1.54, 1.807) is 9.80 Å². The second-order valence-electron chi connectivity index (χ2n) is 7.98. The molecule has 3 aliphatic rings. The van der Waals surface area contributed by atoms with Crippen LogP contribution in [0.25, 0.3) is 0 Å². The fourth-order valence-corrected chi connectivity index (χ4v) is 4.38. The number of benzene rings is 1. The molecule has 1 unspecified atom stereocenters. The van der Waals surface area contributed by atoms with Crippen molar-refractivity contribution in [1.29, 1.82) is 0 Å². The highest BCUT2D eigenvalue weighted by molar-refractivity contribution is 5.97. The summed E-state index contributed by atoms with van der Waals surface area (Å²) in [6, 6.07) is 7.46. The van der Waals surface area contributed by atoms with Crippen LogP contribution in [0.1, 0.15) is 25.7 Å². The summed E-state index contributed by atoms with van der Waals surface area (Å²) in [5.74, 6) is 0.546. The van der Waals surface area contributed by atoms with Crippen LogP contribution in [-0.2, 0) is 19.1 Å². The van der Waals surface area contributed by atoms with E-state index in [2.05, 4.69) is 0 Å². The summed E-state index contributed by atoms with van der Waals surface area (Å²) in [6.45, 7) is 4.45. The summed E-state index contributed by atoms with van der Waals surface area (Å²) >= 11 is 0. The van der Waals surface area contributed by atoms with Gasteiger partial charge in [0, 0.05) is 39.0 Å². The van der Waals surface area contributed by atoms with Crippen LogP contribution in [0.15, 0.2) is 24.3 Å². The Morgan fingerprint density at radius 1 is 0.900 bits per heavy atom. The maximum Gasteiger partial charge on any atom is 0.227 e. The minimum Gasteiger partial charge on any atom is -0.490 e. The van der Waals surface area contributed by atoms with Gasteiger partial charge in [0.05, 0.1) is 31.4 Å². The van der Waals surface area contributed by atoms with Crippen molar-refractivity contribution in [2.45, 2.75) is 25.7 Å². The number of amides is 3. The van der Waals surface area contributed by atoms with Crippen molar-refractivity contribution in [2.75, 3.05) is 57.4 Å². The van der Waals surface area contributed by atoms with E-state index in [-0.39, 0.29) is 36.5 Å². The average Bonchev–Trinajstić information content (AvgIpc) is 2.82. The molecule has 0 radical (unpaired) electrons. The molecule has 8 nitrogen and oxygen atoms in total. The third-order valence-corrected chi connectivity index (χ3v) is 6.03. The number of rotatable bonds is 4. The number of carbonyl (C=O) groups excluding carboxylic acids is 3. The monoisotopic (exact) mass is 415 g/mol. The zero-order valence-corrected chi connectivity index (χ0v) is 17.3. The molecule has 1 atom stereocenters. The van der Waals surface area contributed by atoms with Gasteiger partial charge in [-0.2, -0.15) is 0 Å². The smallest absolute Gasteiger partial charge is 0.227 e. The Labute approximate surface area is 176 Å². The second kappa shape index (κ2) is 9.47. The summed E-state index contributed by atoms with van der Waals surface area (Å²) in [7, 11) is 0. The van der Waals surface area contributed by atoms with Crippen molar-refractivity contribution in [1.82, 2.24) is 9.80 Å². The molecule has 3 aliphatic heterocycles. The van der Waals surface area contributed by atoms with Crippen LogP contribution < -0.4 is 9.64 Å². The number of carbonyl (C=O) groups is 3. The van der Waals surface area contributed by atoms with E-state index in [0.29, 0.717) is 58.3 Å². The van der Waals surface area contributed by atoms with Crippen molar-refractivity contribution in [3.8, 4) is 5.75 Å². The largest absolute Gasteiger partial charge is 0.490 e. The van der Waals surface area contributed by atoms with Crippen LogP contribution in [0.2, 0.25) is 0 Å². The Morgan fingerprint density at radius 2 is 1.67 bits per heavy atom. The van der Waals surface area contributed by atoms with E-state index in [4.69, 9.17) is 9.47 Å². The lowest BCUT2D eigenvalue weighted by Crippen LogP contribution is -2.49. The van der Waals surface area contributed by atoms with Crippen molar-refractivity contribution < 1.29 is 23.9 Å². The Kier molecular flexibility index (Phi) is 6.52. The van der Waals surface area contributed by atoms with E-state index in [1.165, 1.54) is 0 Å². The molecule has 162 valence electrons. The van der Waals surface area contributed by atoms with E-state index in [1.807, 2.05) is 29.2 Å². The third kappa shape index (κ3) is 4.59. The van der Waals surface area contributed by atoms with Gasteiger partial charge in [0.15, 0.2) is 0 Å². The molecule has 3 heterocycles. The predicted molar refractivity (Wildman–Crippen MR) is 110 cm³/mol. The van der Waals surface area contributed by atoms with Gasteiger partial charge in [-0.3, -0.25) is 14.4 Å². The van der Waals surface area contributed by atoms with Crippen LogP contribution in [-0.4, -0.2) is 80.1 Å². The van der Waals surface area contributed by atoms with Crippen LogP contribution in [0.4, 0.5) is 5.69 Å². The maximum atomic E-state index is 12.8. The number of piperidine rings is 1. The molecule has 0 spiro atoms. The van der Waals surface area contributed by atoms with Gasteiger partial charge in [-0.25, -0.2) is 0 Å². The topological polar surface area (TPSA) is 79.4 Å². The molecule has 30 heavy (non-hydrogen) atoms. The molecule has 0 bridgehead atoms. The molecule has 3 amide bonds. The number of anilines is 1. The molecule has 4 rings (SSSR count). The zero-order chi connectivity index (χ0) is 20.9. The molecule has 2 fully saturated rings. The molecule has 0 saturated carbocycles. The number of para-hydroxylation sites is 2. The number of fused-ring (bicyclic) bond motifs is 1. The first-order chi connectivity index (χ1) is 14.6. The minimum absolute atomic E-state index is 0.0515. The van der Waals surface area contributed by atoms with Crippen LogP contribution in [0, 0.1) is 5.92 Å². The van der Waals surface area contributed by atoms with Gasteiger partial charge in [0.1, 0.15) is 12.4 Å². The molecule has 0 aromatic heterocycles. The van der Waals surface area contributed by atoms with Gasteiger partial charge in [0.25, 0.3) is 0 Å². The highest BCUT2D eigenvalue weighted by Gasteiger charge is 2.32. The summed E-state index contributed by atoms with van der Waals surface area (Å²) < 4.78 is 10.9. The fraction of sp³-hybridized carbons (Fsp3) is 0.591. The first-order valence-electron chi connectivity index (χ1n) is 10.8. The van der Waals surface area contributed by atoms with Crippen molar-refractivity contribution in [3.63, 3.8) is 0 Å². The average molecular weight is 415 g/mol. The summed E-state index contributed by atoms with van der Waals surface area (Å²) in [6.07, 6.45) is 1.95. The highest BCUT2D eigenvalue weighted by Crippen LogP contribution is 2.31. The van der Waals surface area contributed by atoms with Crippen LogP contribution in [0.3, 0.4) is 0 Å². The SMILES string of the molecule is O=C(CCC(=O)N1CCOc2ccccc21)N1CCCC(C(=O)N2CCOCC2)C1. The minimum atomic E-state index is -0.150. The summed E-state index contributed by atoms with van der Waals surface area (Å²) in [5, 5.41) is 0. The molecule has 2 saturated heterocycles. The molecule has 8 heteroatoms. The van der Waals surface area contributed by atoms with Crippen molar-refractivity contribution in [2.24, 2.45) is 5.92 Å². The van der Waals surface area contributed by atoms with E-state index < -0.39 is 0 Å². The number of hydrogen-bond acceptors (Lipinski definition) is 5. The fourth-order valence-electron chi connectivity index (χ4n) is 4.38. The molecular formula is C22H29N3O5. The highest BCUT2D eigenvalue weighted by atomic mass is 16.5. The van der Waals surface area contributed by atoms with Gasteiger partial charge in [-0.05, 0) is 25.0 Å². The maximum absolute atomic E-state index is 12.8. The van der Waals surface area contributed by atoms with Gasteiger partial charge in [-0.1, -0.05) is 12.1 Å². The Balaban J connectivity index is 1.29. The van der Waals surface area contributed by atoms with E-state index >= 15 is 0 Å². The predicted octanol–water partition coefficient (Wildman–Crippen LogP) is 1.29. The second-order valence-corrected chi connectivity index (χ2v) is 7.98. The van der Waals surface area contributed by atoms with Gasteiger partial charge < -0.3 is 24.2 Å². The lowest BCUT2D eigenvalue weighted by atomic mass is 9.96. The summed E-state index contributed by atoms with van der Waals surface area (Å²) in [4.78, 5) is 43.6. The standard InChI is InChI=1S/C22H29N3O5/c26-20(7-8-21(27)25-12-15-30-19-6-2-1-5-18(19)25)24-9-3-4-17(16-24)22(28)23-10-13-29-14-11-23/h1-2,5-6,17H,3-4,7-16H2. The lowest BCUT2D eigenvalue weighted by molar-refractivity contribution is -0.144. The first kappa shape index (κ1) is 20.7. The third-order valence-electron chi connectivity index (χ3n) is 6.03. The molecule has 0 aliphatic carbocycles. The zero-order valence-electron chi connectivity index (χ0n) is 17.3. The molecule has 0 N–H and O–H groups in total. The van der Waals surface area contributed by atoms with E-state index in [9.17, 15) is 14.4 Å². The number of ether oxygens (including phenoxy) is 2. The van der Waals surface area contributed by atoms with Gasteiger partial charge in [0.2, 0.25) is 17.7 Å². The summed E-state index contributed by atoms with van der Waals surface area (Å²) in [5.41, 5.74) is 0.760. The number of likely N-dealkylation sites (tertiary alicyclic amines) is 1. The quantitative estimate of drug-likeness (QED) is 0.741. The number of hydrogen-bond donors (Lipinski definition) is 0. The van der Waals surface area contributed by atoms with Crippen molar-refractivity contribution in [3.05, 3.63) is 24.3 Å². The normalized spacial score (nSPS) is 21.6. The van der Waals surface area contributed by atoms with Crippen molar-refractivity contribution >= 4 is 23.4 Å². The number of nitrogens with zero attached hydrogens (tertiary/aromatic N) is 3. The first-order valence-corrected chi connectivity index (χ1v) is 10.8. The molecule has 1 aromatic carbocycles. The van der Waals surface area contributed by atoms with Gasteiger partial charge in [-0.15, -0.1) is 0 Å². The molecule has 1 aromatic rings. The lowest BCUT2D eigenvalue weighted by Gasteiger charge is -2.36. The van der Waals surface area contributed by atoms with Crippen LogP contribution >= 0.6 is 0 Å².